The third-order valence-electron chi connectivity index (χ3n) is 6.16. The first-order chi connectivity index (χ1) is 15.3. The Morgan fingerprint density at radius 3 is 2.10 bits per heavy atom. The molecule has 3 aromatic carbocycles. The largest absolute Gasteiger partial charge is 0.337 e. The molecule has 0 aliphatic carbocycles. The highest BCUT2D eigenvalue weighted by molar-refractivity contribution is 7.14. The van der Waals surface area contributed by atoms with Crippen molar-refractivity contribution in [2.24, 2.45) is 0 Å². The fourth-order valence-electron chi connectivity index (χ4n) is 4.58. The maximum absolute atomic E-state index is 4.97. The summed E-state index contributed by atoms with van der Waals surface area (Å²) >= 11 is 1.76. The molecular weight excluding hydrogens is 398 g/mol. The van der Waals surface area contributed by atoms with Gasteiger partial charge in [-0.1, -0.05) is 84.4 Å². The number of nitrogens with one attached hydrogen (secondary N) is 1. The van der Waals surface area contributed by atoms with Crippen LogP contribution >= 0.6 is 11.3 Å². The number of thiazole rings is 1. The van der Waals surface area contributed by atoms with Gasteiger partial charge in [0.2, 0.25) is 0 Å². The van der Waals surface area contributed by atoms with E-state index in [-0.39, 0.29) is 0 Å². The standard InChI is InChI=1S/C27H27N3S/c1-21-9-8-14-24(19-21)25-20-31-27(28-25)30-17-15-29(16-18-30)26(22-10-4-2-5-11-22)23-12-6-3-7-13-23/h2-14,19-20,26H,15-18H2,1H3/p+1. The highest BCUT2D eigenvalue weighted by Crippen LogP contribution is 2.28. The quantitative estimate of drug-likeness (QED) is 0.503. The second kappa shape index (κ2) is 9.04. The Bertz CT molecular complexity index is 1080. The number of nitrogens with zero attached hydrogens (tertiary/aromatic N) is 2. The van der Waals surface area contributed by atoms with Crippen molar-refractivity contribution in [3.05, 3.63) is 107 Å². The van der Waals surface area contributed by atoms with Gasteiger partial charge in [-0.3, -0.25) is 0 Å². The number of aryl methyl sites for hydroxylation is 1. The van der Waals surface area contributed by atoms with E-state index in [0.29, 0.717) is 6.04 Å². The van der Waals surface area contributed by atoms with Crippen LogP contribution in [0.15, 0.2) is 90.3 Å². The molecule has 3 nitrogen and oxygen atoms in total. The van der Waals surface area contributed by atoms with Crippen LogP contribution in [-0.2, 0) is 0 Å². The minimum Gasteiger partial charge on any atom is -0.337 e. The van der Waals surface area contributed by atoms with Crippen molar-refractivity contribution in [1.29, 1.82) is 0 Å². The molecule has 0 atom stereocenters. The van der Waals surface area contributed by atoms with Crippen LogP contribution in [0.5, 0.6) is 0 Å². The summed E-state index contributed by atoms with van der Waals surface area (Å²) in [4.78, 5) is 9.05. The van der Waals surface area contributed by atoms with Gasteiger partial charge in [0, 0.05) is 22.1 Å². The Morgan fingerprint density at radius 2 is 1.48 bits per heavy atom. The Kier molecular flexibility index (Phi) is 5.83. The van der Waals surface area contributed by atoms with Crippen molar-refractivity contribution in [1.82, 2.24) is 4.98 Å². The van der Waals surface area contributed by atoms with Crippen molar-refractivity contribution in [2.75, 3.05) is 31.1 Å². The Morgan fingerprint density at radius 1 is 0.839 bits per heavy atom. The molecular formula is C27H28N3S+. The summed E-state index contributed by atoms with van der Waals surface area (Å²) in [5.74, 6) is 0. The minimum absolute atomic E-state index is 0.378. The molecule has 1 aromatic heterocycles. The van der Waals surface area contributed by atoms with E-state index in [2.05, 4.69) is 102 Å². The fraction of sp³-hybridized carbons (Fsp3) is 0.222. The molecule has 0 spiro atoms. The van der Waals surface area contributed by atoms with Crippen molar-refractivity contribution in [3.8, 4) is 11.3 Å². The average Bonchev–Trinajstić information content (AvgIpc) is 3.32. The van der Waals surface area contributed by atoms with Crippen molar-refractivity contribution in [2.45, 2.75) is 13.0 Å². The van der Waals surface area contributed by atoms with Gasteiger partial charge in [0.15, 0.2) is 5.13 Å². The number of piperazine rings is 1. The molecule has 5 rings (SSSR count). The van der Waals surface area contributed by atoms with Gasteiger partial charge in [0.1, 0.15) is 6.04 Å². The first-order valence-corrected chi connectivity index (χ1v) is 11.9. The van der Waals surface area contributed by atoms with Crippen LogP contribution in [0.4, 0.5) is 5.13 Å². The molecule has 1 N–H and O–H groups in total. The zero-order valence-corrected chi connectivity index (χ0v) is 18.7. The average molecular weight is 427 g/mol. The van der Waals surface area contributed by atoms with E-state index in [1.54, 1.807) is 16.2 Å². The number of benzene rings is 3. The predicted octanol–water partition coefficient (Wildman–Crippen LogP) is 4.61. The normalized spacial score (nSPS) is 14.8. The molecule has 0 bridgehead atoms. The number of hydrogen-bond donors (Lipinski definition) is 1. The zero-order valence-electron chi connectivity index (χ0n) is 17.9. The second-order valence-corrected chi connectivity index (χ2v) is 9.12. The first-order valence-electron chi connectivity index (χ1n) is 11.0. The number of anilines is 1. The molecule has 0 radical (unpaired) electrons. The summed E-state index contributed by atoms with van der Waals surface area (Å²) in [5.41, 5.74) is 6.36. The van der Waals surface area contributed by atoms with Gasteiger partial charge >= 0.3 is 0 Å². The topological polar surface area (TPSA) is 20.6 Å². The first kappa shape index (κ1) is 20.0. The zero-order chi connectivity index (χ0) is 21.0. The van der Waals surface area contributed by atoms with Gasteiger partial charge in [-0.25, -0.2) is 4.98 Å². The highest BCUT2D eigenvalue weighted by atomic mass is 32.1. The van der Waals surface area contributed by atoms with Gasteiger partial charge in [0.25, 0.3) is 0 Å². The van der Waals surface area contributed by atoms with Gasteiger partial charge in [0.05, 0.1) is 31.9 Å². The monoisotopic (exact) mass is 426 g/mol. The number of aromatic nitrogens is 1. The summed E-state index contributed by atoms with van der Waals surface area (Å²) in [7, 11) is 0. The lowest BCUT2D eigenvalue weighted by atomic mass is 9.96. The number of quaternary nitrogens is 1. The smallest absolute Gasteiger partial charge is 0.186 e. The summed E-state index contributed by atoms with van der Waals surface area (Å²) in [5, 5.41) is 3.34. The minimum atomic E-state index is 0.378. The number of hydrogen-bond acceptors (Lipinski definition) is 3. The molecule has 1 aliphatic rings. The van der Waals surface area contributed by atoms with E-state index in [1.807, 2.05) is 0 Å². The Balaban J connectivity index is 1.32. The van der Waals surface area contributed by atoms with Crippen LogP contribution in [0.3, 0.4) is 0 Å². The van der Waals surface area contributed by atoms with E-state index in [1.165, 1.54) is 22.3 Å². The third kappa shape index (κ3) is 4.41. The maximum atomic E-state index is 4.97. The van der Waals surface area contributed by atoms with Crippen LogP contribution in [0.1, 0.15) is 22.7 Å². The van der Waals surface area contributed by atoms with Gasteiger partial charge in [-0.15, -0.1) is 11.3 Å². The summed E-state index contributed by atoms with van der Waals surface area (Å²) in [6.45, 7) is 6.41. The van der Waals surface area contributed by atoms with E-state index >= 15 is 0 Å². The van der Waals surface area contributed by atoms with E-state index in [4.69, 9.17) is 4.98 Å². The lowest BCUT2D eigenvalue weighted by Gasteiger charge is -2.37. The van der Waals surface area contributed by atoms with Gasteiger partial charge < -0.3 is 9.80 Å². The lowest BCUT2D eigenvalue weighted by molar-refractivity contribution is -0.926. The molecule has 2 heterocycles. The molecule has 0 unspecified atom stereocenters. The molecule has 0 saturated carbocycles. The van der Waals surface area contributed by atoms with E-state index in [0.717, 1.165) is 37.0 Å². The van der Waals surface area contributed by atoms with E-state index < -0.39 is 0 Å². The van der Waals surface area contributed by atoms with Crippen LogP contribution in [0, 0.1) is 6.92 Å². The molecule has 0 amide bonds. The molecule has 4 heteroatoms. The van der Waals surface area contributed by atoms with Crippen LogP contribution < -0.4 is 9.80 Å². The fourth-order valence-corrected chi connectivity index (χ4v) is 5.46. The summed E-state index contributed by atoms with van der Waals surface area (Å²) in [6.07, 6.45) is 0. The van der Waals surface area contributed by atoms with Crippen molar-refractivity contribution in [3.63, 3.8) is 0 Å². The highest BCUT2D eigenvalue weighted by Gasteiger charge is 2.30. The van der Waals surface area contributed by atoms with Crippen LogP contribution in [-0.4, -0.2) is 31.2 Å². The van der Waals surface area contributed by atoms with Crippen LogP contribution in [0.2, 0.25) is 0 Å². The molecule has 31 heavy (non-hydrogen) atoms. The van der Waals surface area contributed by atoms with Crippen molar-refractivity contribution >= 4 is 16.5 Å². The molecule has 1 aliphatic heterocycles. The molecule has 1 saturated heterocycles. The second-order valence-electron chi connectivity index (χ2n) is 8.28. The Labute approximate surface area is 188 Å². The van der Waals surface area contributed by atoms with Gasteiger partial charge in [-0.05, 0) is 13.0 Å². The maximum Gasteiger partial charge on any atom is 0.186 e. The summed E-state index contributed by atoms with van der Waals surface area (Å²) < 4.78 is 0. The predicted molar refractivity (Wildman–Crippen MR) is 130 cm³/mol. The molecule has 4 aromatic rings. The number of rotatable bonds is 5. The van der Waals surface area contributed by atoms with Gasteiger partial charge in [-0.2, -0.15) is 0 Å². The van der Waals surface area contributed by atoms with Crippen molar-refractivity contribution < 1.29 is 4.90 Å². The van der Waals surface area contributed by atoms with Crippen LogP contribution in [0.25, 0.3) is 11.3 Å². The lowest BCUT2D eigenvalue weighted by Crippen LogP contribution is -3.15. The molecule has 156 valence electrons. The molecule has 1 fully saturated rings. The summed E-state index contributed by atoms with van der Waals surface area (Å²) in [6, 6.07) is 30.9. The Hall–Kier alpha value is -2.95. The SMILES string of the molecule is Cc1cccc(-c2csc(N3CC[NH+](C(c4ccccc4)c4ccccc4)CC3)n2)c1. The third-order valence-corrected chi connectivity index (χ3v) is 7.06. The van der Waals surface area contributed by atoms with E-state index in [9.17, 15) is 0 Å².